The highest BCUT2D eigenvalue weighted by molar-refractivity contribution is 9.10. The van der Waals surface area contributed by atoms with Crippen LogP contribution < -0.4 is 5.32 Å². The number of carbonyl (C=O) groups excluding carboxylic acids is 1. The summed E-state index contributed by atoms with van der Waals surface area (Å²) >= 11 is 3.17. The van der Waals surface area contributed by atoms with Crippen molar-refractivity contribution in [1.29, 1.82) is 0 Å². The van der Waals surface area contributed by atoms with Crippen LogP contribution in [0.3, 0.4) is 0 Å². The number of halogens is 4. The van der Waals surface area contributed by atoms with Gasteiger partial charge in [0.05, 0.1) is 5.56 Å². The van der Waals surface area contributed by atoms with Crippen LogP contribution in [0.2, 0.25) is 0 Å². The van der Waals surface area contributed by atoms with Crippen LogP contribution in [0.15, 0.2) is 22.7 Å². The number of phenols is 1. The van der Waals surface area contributed by atoms with E-state index in [-0.39, 0.29) is 30.9 Å². The highest BCUT2D eigenvalue weighted by atomic mass is 79.9. The van der Waals surface area contributed by atoms with Crippen LogP contribution >= 0.6 is 15.9 Å². The molecule has 0 fully saturated rings. The zero-order valence-electron chi connectivity index (χ0n) is 10.3. The molecule has 0 atom stereocenters. The first-order valence-electron chi connectivity index (χ1n) is 5.71. The number of hydrogen-bond donors (Lipinski definition) is 2. The predicted octanol–water partition coefficient (Wildman–Crippen LogP) is 2.85. The second-order valence-corrected chi connectivity index (χ2v) is 4.85. The molecule has 1 aromatic carbocycles. The van der Waals surface area contributed by atoms with Gasteiger partial charge in [0.15, 0.2) is 0 Å². The Morgan fingerprint density at radius 1 is 1.40 bits per heavy atom. The first kappa shape index (κ1) is 16.8. The van der Waals surface area contributed by atoms with E-state index >= 15 is 0 Å². The molecule has 0 heterocycles. The molecule has 8 heteroatoms. The van der Waals surface area contributed by atoms with Crippen molar-refractivity contribution in [2.24, 2.45) is 0 Å². The van der Waals surface area contributed by atoms with Crippen molar-refractivity contribution >= 4 is 21.8 Å². The Hall–Kier alpha value is -1.28. The summed E-state index contributed by atoms with van der Waals surface area (Å²) in [7, 11) is 0. The zero-order valence-corrected chi connectivity index (χ0v) is 11.9. The maximum absolute atomic E-state index is 11.8. The third-order valence-corrected chi connectivity index (χ3v) is 2.71. The van der Waals surface area contributed by atoms with Crippen LogP contribution in [0, 0.1) is 0 Å². The summed E-state index contributed by atoms with van der Waals surface area (Å²) in [5, 5.41) is 12.0. The average Bonchev–Trinajstić information content (AvgIpc) is 2.35. The summed E-state index contributed by atoms with van der Waals surface area (Å²) in [4.78, 5) is 11.7. The Bertz CT molecular complexity index is 466. The van der Waals surface area contributed by atoms with Gasteiger partial charge in [0, 0.05) is 17.6 Å². The molecule has 0 spiro atoms. The summed E-state index contributed by atoms with van der Waals surface area (Å²) in [5.41, 5.74) is 0.0931. The number of amides is 1. The van der Waals surface area contributed by atoms with Crippen molar-refractivity contribution in [3.8, 4) is 5.75 Å². The van der Waals surface area contributed by atoms with Gasteiger partial charge in [0.25, 0.3) is 5.91 Å². The van der Waals surface area contributed by atoms with Gasteiger partial charge in [-0.2, -0.15) is 13.2 Å². The maximum Gasteiger partial charge on any atom is 0.411 e. The third kappa shape index (κ3) is 6.25. The summed E-state index contributed by atoms with van der Waals surface area (Å²) in [6.45, 7) is -1.25. The zero-order chi connectivity index (χ0) is 15.2. The molecular weight excluding hydrogens is 343 g/mol. The van der Waals surface area contributed by atoms with Crippen molar-refractivity contribution < 1.29 is 27.8 Å². The van der Waals surface area contributed by atoms with Crippen molar-refractivity contribution in [2.75, 3.05) is 19.8 Å². The lowest BCUT2D eigenvalue weighted by molar-refractivity contribution is -0.173. The number of phenolic OH excluding ortho intramolecular Hbond substituents is 1. The minimum atomic E-state index is -4.34. The molecule has 1 aromatic rings. The summed E-state index contributed by atoms with van der Waals surface area (Å²) in [6.07, 6.45) is -4.10. The van der Waals surface area contributed by atoms with Crippen LogP contribution in [-0.4, -0.2) is 36.9 Å². The van der Waals surface area contributed by atoms with E-state index < -0.39 is 18.7 Å². The number of nitrogens with one attached hydrogen (secondary N) is 1. The standard InChI is InChI=1S/C12H13BrF3NO3/c13-8-2-3-10(18)9(6-8)11(19)17-4-1-5-20-7-12(14,15)16/h2-3,6,18H,1,4-5,7H2,(H,17,19). The first-order chi connectivity index (χ1) is 9.29. The van der Waals surface area contributed by atoms with Crippen LogP contribution in [-0.2, 0) is 4.74 Å². The van der Waals surface area contributed by atoms with E-state index in [0.717, 1.165) is 0 Å². The van der Waals surface area contributed by atoms with Crippen molar-refractivity contribution in [1.82, 2.24) is 5.32 Å². The maximum atomic E-state index is 11.8. The molecule has 0 radical (unpaired) electrons. The minimum absolute atomic E-state index is 0.0931. The lowest BCUT2D eigenvalue weighted by atomic mass is 10.2. The number of carbonyl (C=O) groups is 1. The molecule has 0 aliphatic carbocycles. The fourth-order valence-corrected chi connectivity index (χ4v) is 1.71. The number of benzene rings is 1. The molecule has 0 aliphatic heterocycles. The first-order valence-corrected chi connectivity index (χ1v) is 6.50. The van der Waals surface area contributed by atoms with E-state index in [1.54, 1.807) is 6.07 Å². The summed E-state index contributed by atoms with van der Waals surface area (Å²) in [6, 6.07) is 4.40. The van der Waals surface area contributed by atoms with Crippen LogP contribution in [0.4, 0.5) is 13.2 Å². The number of hydrogen-bond acceptors (Lipinski definition) is 3. The van der Waals surface area contributed by atoms with Gasteiger partial charge >= 0.3 is 6.18 Å². The highest BCUT2D eigenvalue weighted by Crippen LogP contribution is 2.21. The van der Waals surface area contributed by atoms with E-state index in [9.17, 15) is 23.1 Å². The molecule has 0 unspecified atom stereocenters. The lowest BCUT2D eigenvalue weighted by Gasteiger charge is -2.09. The largest absolute Gasteiger partial charge is 0.507 e. The van der Waals surface area contributed by atoms with Gasteiger partial charge in [-0.25, -0.2) is 0 Å². The number of alkyl halides is 3. The van der Waals surface area contributed by atoms with Gasteiger partial charge in [-0.05, 0) is 24.6 Å². The van der Waals surface area contributed by atoms with Crippen molar-refractivity contribution in [2.45, 2.75) is 12.6 Å². The van der Waals surface area contributed by atoms with Gasteiger partial charge in [-0.15, -0.1) is 0 Å². The molecule has 4 nitrogen and oxygen atoms in total. The van der Waals surface area contributed by atoms with E-state index in [2.05, 4.69) is 26.0 Å². The molecular formula is C12H13BrF3NO3. The molecule has 20 heavy (non-hydrogen) atoms. The number of rotatable bonds is 6. The molecule has 0 bridgehead atoms. The Morgan fingerprint density at radius 3 is 2.75 bits per heavy atom. The van der Waals surface area contributed by atoms with Gasteiger partial charge in [-0.3, -0.25) is 4.79 Å². The van der Waals surface area contributed by atoms with Gasteiger partial charge < -0.3 is 15.2 Å². The van der Waals surface area contributed by atoms with Gasteiger partial charge in [-0.1, -0.05) is 15.9 Å². The molecule has 0 saturated heterocycles. The van der Waals surface area contributed by atoms with Crippen molar-refractivity contribution in [3.05, 3.63) is 28.2 Å². The normalized spacial score (nSPS) is 11.4. The fraction of sp³-hybridized carbons (Fsp3) is 0.417. The summed E-state index contributed by atoms with van der Waals surface area (Å²) < 4.78 is 40.3. The van der Waals surface area contributed by atoms with Gasteiger partial charge in [0.2, 0.25) is 0 Å². The Labute approximate surface area is 122 Å². The Balaban J connectivity index is 2.28. The third-order valence-electron chi connectivity index (χ3n) is 2.22. The quantitative estimate of drug-likeness (QED) is 0.771. The molecule has 0 aliphatic rings. The summed E-state index contributed by atoms with van der Waals surface area (Å²) in [5.74, 6) is -0.668. The average molecular weight is 356 g/mol. The SMILES string of the molecule is O=C(NCCCOCC(F)(F)F)c1cc(Br)ccc1O. The highest BCUT2D eigenvalue weighted by Gasteiger charge is 2.27. The molecule has 0 aromatic heterocycles. The molecule has 0 saturated carbocycles. The van der Waals surface area contributed by atoms with E-state index in [4.69, 9.17) is 0 Å². The fourth-order valence-electron chi connectivity index (χ4n) is 1.35. The molecule has 112 valence electrons. The van der Waals surface area contributed by atoms with Crippen LogP contribution in [0.5, 0.6) is 5.75 Å². The van der Waals surface area contributed by atoms with Crippen LogP contribution in [0.1, 0.15) is 16.8 Å². The second kappa shape index (κ2) is 7.49. The topological polar surface area (TPSA) is 58.6 Å². The molecule has 1 amide bonds. The molecule has 2 N–H and O–H groups in total. The smallest absolute Gasteiger partial charge is 0.411 e. The second-order valence-electron chi connectivity index (χ2n) is 3.94. The predicted molar refractivity (Wildman–Crippen MR) is 69.6 cm³/mol. The Morgan fingerprint density at radius 2 is 2.10 bits per heavy atom. The van der Waals surface area contributed by atoms with Gasteiger partial charge in [0.1, 0.15) is 12.4 Å². The monoisotopic (exact) mass is 355 g/mol. The number of aromatic hydroxyl groups is 1. The van der Waals surface area contributed by atoms with E-state index in [1.165, 1.54) is 12.1 Å². The van der Waals surface area contributed by atoms with Crippen molar-refractivity contribution in [3.63, 3.8) is 0 Å². The van der Waals surface area contributed by atoms with E-state index in [1.807, 2.05) is 0 Å². The minimum Gasteiger partial charge on any atom is -0.507 e. The number of ether oxygens (including phenoxy) is 1. The van der Waals surface area contributed by atoms with E-state index in [0.29, 0.717) is 4.47 Å². The molecule has 1 rings (SSSR count). The lowest BCUT2D eigenvalue weighted by Crippen LogP contribution is -2.26. The Kier molecular flexibility index (Phi) is 6.28. The van der Waals surface area contributed by atoms with Crippen LogP contribution in [0.25, 0.3) is 0 Å².